The monoisotopic (exact) mass is 303 g/mol. The molecule has 0 unspecified atom stereocenters. The lowest BCUT2D eigenvalue weighted by molar-refractivity contribution is 0.0694. The first-order chi connectivity index (χ1) is 10.5. The molecule has 0 spiro atoms. The molecule has 3 aromatic rings. The normalized spacial score (nSPS) is 11.2. The van der Waals surface area contributed by atoms with Crippen molar-refractivity contribution in [1.29, 1.82) is 0 Å². The maximum atomic E-state index is 13.8. The van der Waals surface area contributed by atoms with Gasteiger partial charge >= 0.3 is 11.6 Å². The summed E-state index contributed by atoms with van der Waals surface area (Å²) >= 11 is 0. The van der Waals surface area contributed by atoms with Crippen molar-refractivity contribution < 1.29 is 18.7 Å². The first kappa shape index (κ1) is 14.0. The molecule has 2 N–H and O–H groups in total. The minimum atomic E-state index is -1.40. The summed E-state index contributed by atoms with van der Waals surface area (Å²) in [5.41, 5.74) is -2.62. The third-order valence-electron chi connectivity index (χ3n) is 3.48. The van der Waals surface area contributed by atoms with Crippen LogP contribution in [0.15, 0.2) is 32.2 Å². The number of halogens is 1. The first-order valence-corrected chi connectivity index (χ1v) is 6.49. The van der Waals surface area contributed by atoms with Crippen LogP contribution in [0.5, 0.6) is 0 Å². The SMILES string of the molecule is CCc1[nH]c2c(=O)oc3c(F)cccc3c2c(=O)c1C(=O)O. The summed E-state index contributed by atoms with van der Waals surface area (Å²) in [6.07, 6.45) is 0.216. The Labute approximate surface area is 121 Å². The lowest BCUT2D eigenvalue weighted by atomic mass is 10.0. The van der Waals surface area contributed by atoms with Crippen LogP contribution in [0.1, 0.15) is 23.0 Å². The van der Waals surface area contributed by atoms with E-state index in [1.54, 1.807) is 6.92 Å². The van der Waals surface area contributed by atoms with Gasteiger partial charge in [0.15, 0.2) is 11.4 Å². The number of pyridine rings is 1. The molecule has 0 saturated carbocycles. The van der Waals surface area contributed by atoms with Crippen LogP contribution < -0.4 is 11.1 Å². The number of aromatic nitrogens is 1. The molecule has 0 fully saturated rings. The zero-order chi connectivity index (χ0) is 16.0. The summed E-state index contributed by atoms with van der Waals surface area (Å²) in [5.74, 6) is -2.20. The Kier molecular flexibility index (Phi) is 3.05. The van der Waals surface area contributed by atoms with Gasteiger partial charge in [-0.15, -0.1) is 0 Å². The maximum absolute atomic E-state index is 13.8. The van der Waals surface area contributed by atoms with Crippen LogP contribution in [0.3, 0.4) is 0 Å². The highest BCUT2D eigenvalue weighted by Crippen LogP contribution is 2.22. The van der Waals surface area contributed by atoms with E-state index >= 15 is 0 Å². The van der Waals surface area contributed by atoms with Gasteiger partial charge in [0.2, 0.25) is 5.43 Å². The molecule has 7 heteroatoms. The van der Waals surface area contributed by atoms with Gasteiger partial charge in [0, 0.05) is 11.1 Å². The highest BCUT2D eigenvalue weighted by atomic mass is 19.1. The minimum absolute atomic E-state index is 0.0565. The number of carbonyl (C=O) groups is 1. The number of carboxylic acid groups (broad SMARTS) is 1. The number of aromatic amines is 1. The number of para-hydroxylation sites is 1. The van der Waals surface area contributed by atoms with Gasteiger partial charge < -0.3 is 14.5 Å². The molecule has 0 aliphatic carbocycles. The Balaban J connectivity index is 2.70. The van der Waals surface area contributed by atoms with E-state index in [2.05, 4.69) is 4.98 Å². The van der Waals surface area contributed by atoms with Crippen LogP contribution in [0.2, 0.25) is 0 Å². The van der Waals surface area contributed by atoms with E-state index in [9.17, 15) is 23.9 Å². The van der Waals surface area contributed by atoms with E-state index in [0.29, 0.717) is 0 Å². The molecule has 22 heavy (non-hydrogen) atoms. The van der Waals surface area contributed by atoms with E-state index in [1.807, 2.05) is 0 Å². The maximum Gasteiger partial charge on any atom is 0.361 e. The van der Waals surface area contributed by atoms with Gasteiger partial charge in [0.05, 0.1) is 5.39 Å². The molecule has 1 aromatic carbocycles. The van der Waals surface area contributed by atoms with Gasteiger partial charge in [-0.3, -0.25) is 4.79 Å². The Bertz CT molecular complexity index is 1050. The molecule has 112 valence electrons. The number of nitrogens with one attached hydrogen (secondary N) is 1. The quantitative estimate of drug-likeness (QED) is 0.557. The van der Waals surface area contributed by atoms with Crippen molar-refractivity contribution in [3.05, 3.63) is 55.9 Å². The molecular weight excluding hydrogens is 293 g/mol. The minimum Gasteiger partial charge on any atom is -0.477 e. The lowest BCUT2D eigenvalue weighted by Crippen LogP contribution is -2.22. The van der Waals surface area contributed by atoms with E-state index in [-0.39, 0.29) is 34.0 Å². The number of hydrogen-bond donors (Lipinski definition) is 2. The average molecular weight is 303 g/mol. The third kappa shape index (κ3) is 1.82. The van der Waals surface area contributed by atoms with Crippen LogP contribution in [-0.2, 0) is 6.42 Å². The summed E-state index contributed by atoms with van der Waals surface area (Å²) in [7, 11) is 0. The van der Waals surface area contributed by atoms with Crippen LogP contribution in [0.4, 0.5) is 4.39 Å². The molecule has 0 atom stereocenters. The summed E-state index contributed by atoms with van der Waals surface area (Å²) < 4.78 is 18.7. The fraction of sp³-hybridized carbons (Fsp3) is 0.133. The van der Waals surface area contributed by atoms with Gasteiger partial charge in [-0.25, -0.2) is 14.0 Å². The zero-order valence-corrected chi connectivity index (χ0v) is 11.4. The predicted octanol–water partition coefficient (Wildman–Crippen LogP) is 2.03. The first-order valence-electron chi connectivity index (χ1n) is 6.49. The fourth-order valence-electron chi connectivity index (χ4n) is 2.51. The van der Waals surface area contributed by atoms with Crippen LogP contribution >= 0.6 is 0 Å². The number of aryl methyl sites for hydroxylation is 1. The molecular formula is C15H10FNO5. The standard InChI is InChI=1S/C15H10FNO5/c1-2-8-10(14(19)20)12(18)9-6-4-3-5-7(16)13(6)22-15(21)11(9)17-8/h3-5H,2H2,1H3,(H,17,18)(H,19,20). The molecule has 2 heterocycles. The van der Waals surface area contributed by atoms with Gasteiger partial charge in [-0.2, -0.15) is 0 Å². The lowest BCUT2D eigenvalue weighted by Gasteiger charge is -2.08. The summed E-state index contributed by atoms with van der Waals surface area (Å²) in [5, 5.41) is 9.11. The summed E-state index contributed by atoms with van der Waals surface area (Å²) in [4.78, 5) is 38.5. The van der Waals surface area contributed by atoms with Gasteiger partial charge in [0.25, 0.3) is 0 Å². The number of carboxylic acids is 1. The average Bonchev–Trinajstić information content (AvgIpc) is 2.47. The van der Waals surface area contributed by atoms with Crippen molar-refractivity contribution in [3.8, 4) is 0 Å². The second-order valence-corrected chi connectivity index (χ2v) is 4.72. The fourth-order valence-corrected chi connectivity index (χ4v) is 2.51. The second kappa shape index (κ2) is 4.80. The van der Waals surface area contributed by atoms with Crippen molar-refractivity contribution >= 4 is 27.8 Å². The third-order valence-corrected chi connectivity index (χ3v) is 3.48. The molecule has 2 aromatic heterocycles. The van der Waals surface area contributed by atoms with Crippen molar-refractivity contribution in [2.45, 2.75) is 13.3 Å². The van der Waals surface area contributed by atoms with Crippen LogP contribution in [-0.4, -0.2) is 16.1 Å². The number of benzene rings is 1. The Morgan fingerprint density at radius 2 is 2.09 bits per heavy atom. The Hall–Kier alpha value is -2.96. The number of aromatic carboxylic acids is 1. The van der Waals surface area contributed by atoms with Crippen LogP contribution in [0, 0.1) is 5.82 Å². The highest BCUT2D eigenvalue weighted by molar-refractivity contribution is 6.05. The van der Waals surface area contributed by atoms with Crippen molar-refractivity contribution in [2.24, 2.45) is 0 Å². The zero-order valence-electron chi connectivity index (χ0n) is 11.4. The van der Waals surface area contributed by atoms with E-state index in [0.717, 1.165) is 6.07 Å². The molecule has 0 aliphatic rings. The predicted molar refractivity (Wildman–Crippen MR) is 76.9 cm³/mol. The Morgan fingerprint density at radius 1 is 1.36 bits per heavy atom. The largest absolute Gasteiger partial charge is 0.477 e. The highest BCUT2D eigenvalue weighted by Gasteiger charge is 2.21. The van der Waals surface area contributed by atoms with E-state index < -0.39 is 28.4 Å². The molecule has 0 radical (unpaired) electrons. The van der Waals surface area contributed by atoms with Gasteiger partial charge in [-0.1, -0.05) is 19.1 Å². The number of H-pyrrole nitrogens is 1. The van der Waals surface area contributed by atoms with E-state index in [1.165, 1.54) is 12.1 Å². The van der Waals surface area contributed by atoms with E-state index in [4.69, 9.17) is 4.42 Å². The summed E-state index contributed by atoms with van der Waals surface area (Å²) in [6.45, 7) is 1.64. The molecule has 6 nitrogen and oxygen atoms in total. The van der Waals surface area contributed by atoms with Crippen LogP contribution in [0.25, 0.3) is 21.9 Å². The second-order valence-electron chi connectivity index (χ2n) is 4.72. The molecule has 0 aliphatic heterocycles. The van der Waals surface area contributed by atoms with Crippen molar-refractivity contribution in [3.63, 3.8) is 0 Å². The van der Waals surface area contributed by atoms with Gasteiger partial charge in [-0.05, 0) is 12.5 Å². The van der Waals surface area contributed by atoms with Gasteiger partial charge in [0.1, 0.15) is 11.1 Å². The molecule has 0 amide bonds. The number of fused-ring (bicyclic) bond motifs is 3. The summed E-state index contributed by atoms with van der Waals surface area (Å²) in [6, 6.07) is 3.84. The van der Waals surface area contributed by atoms with Crippen molar-refractivity contribution in [1.82, 2.24) is 4.98 Å². The topological polar surface area (TPSA) is 100 Å². The molecule has 3 rings (SSSR count). The molecule has 0 bridgehead atoms. The van der Waals surface area contributed by atoms with Crippen molar-refractivity contribution in [2.75, 3.05) is 0 Å². The number of hydrogen-bond acceptors (Lipinski definition) is 4. The Morgan fingerprint density at radius 3 is 2.73 bits per heavy atom. The molecule has 0 saturated heterocycles. The smallest absolute Gasteiger partial charge is 0.361 e. The number of rotatable bonds is 2.